The normalized spacial score (nSPS) is 15.3. The number of aliphatic hydroxyl groups is 1. The molecule has 5 N–H and O–H groups in total. The lowest BCUT2D eigenvalue weighted by Crippen LogP contribution is -2.36. The zero-order chi connectivity index (χ0) is 13.9. The Balaban J connectivity index is 3.04. The molecule has 0 amide bonds. The first-order valence-electron chi connectivity index (χ1n) is 4.84. The highest BCUT2D eigenvalue weighted by atomic mass is 31.2. The second-order valence-electron chi connectivity index (χ2n) is 3.57. The van der Waals surface area contributed by atoms with Gasteiger partial charge in [-0.1, -0.05) is 0 Å². The van der Waals surface area contributed by atoms with E-state index in [2.05, 4.69) is 9.72 Å². The van der Waals surface area contributed by atoms with E-state index in [1.165, 1.54) is 12.3 Å². The first-order valence-corrected chi connectivity index (χ1v) is 6.53. The number of methoxy groups -OCH3 is 1. The van der Waals surface area contributed by atoms with Gasteiger partial charge in [0.15, 0.2) is 6.29 Å². The third kappa shape index (κ3) is 3.62. The Kier molecular flexibility index (Phi) is 4.60. The van der Waals surface area contributed by atoms with E-state index in [1.807, 2.05) is 0 Å². The first kappa shape index (κ1) is 14.8. The monoisotopic (exact) mass is 279 g/mol. The highest BCUT2D eigenvalue weighted by Crippen LogP contribution is 2.43. The number of nitrogens with two attached hydrogens (primary N) is 1. The van der Waals surface area contributed by atoms with E-state index in [4.69, 9.17) is 15.5 Å². The molecule has 0 aliphatic heterocycles. The summed E-state index contributed by atoms with van der Waals surface area (Å²) in [6.45, 7) is -0.439. The number of aromatic nitrogens is 2. The first-order chi connectivity index (χ1) is 8.25. The van der Waals surface area contributed by atoms with Crippen LogP contribution < -0.4 is 11.4 Å². The van der Waals surface area contributed by atoms with Crippen LogP contribution in [0.3, 0.4) is 0 Å². The van der Waals surface area contributed by atoms with Gasteiger partial charge in [0, 0.05) is 19.9 Å². The standard InChI is InChI=1S/C8H14N3O6P/c1-17-7(12)5(18(14,15)16)4-11-3-2-6(9)10-8(11)13/h2-3,5,7,12H,4H2,1H3,(H2,9,10,13)(H2,14,15,16)/t5-,7?/m0/s1. The maximum atomic E-state index is 11.4. The average Bonchev–Trinajstić information content (AvgIpc) is 2.25. The average molecular weight is 279 g/mol. The van der Waals surface area contributed by atoms with Gasteiger partial charge in [0.25, 0.3) is 0 Å². The Morgan fingerprint density at radius 2 is 2.22 bits per heavy atom. The molecule has 18 heavy (non-hydrogen) atoms. The summed E-state index contributed by atoms with van der Waals surface area (Å²) >= 11 is 0. The van der Waals surface area contributed by atoms with Crippen molar-refractivity contribution in [1.29, 1.82) is 0 Å². The fourth-order valence-electron chi connectivity index (χ4n) is 1.30. The molecule has 0 saturated carbocycles. The van der Waals surface area contributed by atoms with E-state index in [0.29, 0.717) is 0 Å². The molecule has 1 rings (SSSR count). The number of anilines is 1. The lowest BCUT2D eigenvalue weighted by Gasteiger charge is -2.23. The van der Waals surface area contributed by atoms with Crippen molar-refractivity contribution in [2.45, 2.75) is 18.5 Å². The second kappa shape index (κ2) is 5.59. The van der Waals surface area contributed by atoms with Gasteiger partial charge in [-0.05, 0) is 6.07 Å². The Morgan fingerprint density at radius 1 is 1.61 bits per heavy atom. The Morgan fingerprint density at radius 3 is 2.67 bits per heavy atom. The van der Waals surface area contributed by atoms with E-state index in [-0.39, 0.29) is 5.82 Å². The number of hydrogen-bond donors (Lipinski definition) is 4. The molecule has 1 aromatic rings. The van der Waals surface area contributed by atoms with E-state index in [1.54, 1.807) is 0 Å². The summed E-state index contributed by atoms with van der Waals surface area (Å²) in [6, 6.07) is 1.30. The molecule has 9 nitrogen and oxygen atoms in total. The van der Waals surface area contributed by atoms with Crippen LogP contribution in [0, 0.1) is 0 Å². The van der Waals surface area contributed by atoms with Gasteiger partial charge in [0.1, 0.15) is 11.5 Å². The van der Waals surface area contributed by atoms with Crippen LogP contribution in [0.5, 0.6) is 0 Å². The molecule has 0 radical (unpaired) electrons. The topological polar surface area (TPSA) is 148 Å². The summed E-state index contributed by atoms with van der Waals surface area (Å²) in [5.41, 5.74) is 2.95. The van der Waals surface area contributed by atoms with Crippen molar-refractivity contribution >= 4 is 13.4 Å². The maximum absolute atomic E-state index is 11.4. The molecule has 2 atom stereocenters. The predicted octanol–water partition coefficient (Wildman–Crippen LogP) is -1.66. The number of nitrogens with zero attached hydrogens (tertiary/aromatic N) is 2. The summed E-state index contributed by atoms with van der Waals surface area (Å²) < 4.78 is 16.6. The van der Waals surface area contributed by atoms with Crippen LogP contribution in [0.15, 0.2) is 17.1 Å². The fraction of sp³-hybridized carbons (Fsp3) is 0.500. The van der Waals surface area contributed by atoms with Crippen molar-refractivity contribution in [3.8, 4) is 0 Å². The zero-order valence-corrected chi connectivity index (χ0v) is 10.4. The van der Waals surface area contributed by atoms with Crippen LogP contribution in [0.25, 0.3) is 0 Å². The maximum Gasteiger partial charge on any atom is 0.349 e. The van der Waals surface area contributed by atoms with Crippen LogP contribution in [0.2, 0.25) is 0 Å². The summed E-state index contributed by atoms with van der Waals surface area (Å²) in [4.78, 5) is 33.0. The second-order valence-corrected chi connectivity index (χ2v) is 5.41. The summed E-state index contributed by atoms with van der Waals surface area (Å²) in [7, 11) is -3.54. The molecule has 1 heterocycles. The third-order valence-electron chi connectivity index (χ3n) is 2.28. The highest BCUT2D eigenvalue weighted by Gasteiger charge is 2.36. The number of rotatable bonds is 5. The van der Waals surface area contributed by atoms with Gasteiger partial charge in [-0.3, -0.25) is 9.13 Å². The molecule has 0 bridgehead atoms. The Hall–Kier alpha value is -1.25. The fourth-order valence-corrected chi connectivity index (χ4v) is 2.14. The molecular formula is C8H14N3O6P. The van der Waals surface area contributed by atoms with E-state index < -0.39 is 31.8 Å². The minimum absolute atomic E-state index is 0.00345. The van der Waals surface area contributed by atoms with Crippen molar-refractivity contribution in [3.05, 3.63) is 22.7 Å². The molecule has 102 valence electrons. The number of nitrogen functional groups attached to an aromatic ring is 1. The Labute approximate surface area is 102 Å². The smallest absolute Gasteiger partial charge is 0.349 e. The molecule has 0 fully saturated rings. The predicted molar refractivity (Wildman–Crippen MR) is 61.8 cm³/mol. The summed E-state index contributed by atoms with van der Waals surface area (Å²) in [6.07, 6.45) is -0.467. The molecule has 1 aromatic heterocycles. The minimum Gasteiger partial charge on any atom is -0.383 e. The van der Waals surface area contributed by atoms with E-state index in [0.717, 1.165) is 11.7 Å². The van der Waals surface area contributed by atoms with Crippen LogP contribution in [0.1, 0.15) is 0 Å². The van der Waals surface area contributed by atoms with Gasteiger partial charge in [0.05, 0.1) is 0 Å². The van der Waals surface area contributed by atoms with Gasteiger partial charge in [-0.25, -0.2) is 4.79 Å². The van der Waals surface area contributed by atoms with Crippen LogP contribution in [-0.4, -0.2) is 43.5 Å². The van der Waals surface area contributed by atoms with E-state index >= 15 is 0 Å². The van der Waals surface area contributed by atoms with Gasteiger partial charge in [-0.15, -0.1) is 0 Å². The quantitative estimate of drug-likeness (QED) is 0.369. The minimum atomic E-state index is -4.64. The molecule has 10 heteroatoms. The van der Waals surface area contributed by atoms with Crippen LogP contribution in [0.4, 0.5) is 5.82 Å². The largest absolute Gasteiger partial charge is 0.383 e. The molecule has 0 spiro atoms. The summed E-state index contributed by atoms with van der Waals surface area (Å²) in [5.74, 6) is -0.00345. The molecule has 0 aromatic carbocycles. The van der Waals surface area contributed by atoms with Gasteiger partial charge < -0.3 is 25.4 Å². The van der Waals surface area contributed by atoms with Crippen molar-refractivity contribution in [2.75, 3.05) is 12.8 Å². The lowest BCUT2D eigenvalue weighted by atomic mass is 10.4. The molecule has 0 saturated heterocycles. The van der Waals surface area contributed by atoms with Crippen LogP contribution in [-0.2, 0) is 15.8 Å². The van der Waals surface area contributed by atoms with Crippen molar-refractivity contribution < 1.29 is 24.2 Å². The molecular weight excluding hydrogens is 265 g/mol. The summed E-state index contributed by atoms with van der Waals surface area (Å²) in [5, 5.41) is 9.39. The Bertz CT molecular complexity index is 512. The van der Waals surface area contributed by atoms with Crippen molar-refractivity contribution in [2.24, 2.45) is 0 Å². The number of aliphatic hydroxyl groups excluding tert-OH is 1. The molecule has 1 unspecified atom stereocenters. The van der Waals surface area contributed by atoms with Gasteiger partial charge >= 0.3 is 13.3 Å². The molecule has 0 aliphatic carbocycles. The SMILES string of the molecule is COC(O)[C@H](Cn1ccc(N)nc1=O)P(=O)(O)O. The zero-order valence-electron chi connectivity index (χ0n) is 9.50. The van der Waals surface area contributed by atoms with Gasteiger partial charge in [-0.2, -0.15) is 4.98 Å². The lowest BCUT2D eigenvalue weighted by molar-refractivity contribution is -0.0809. The number of ether oxygens (including phenoxy) is 1. The third-order valence-corrected chi connectivity index (χ3v) is 3.56. The highest BCUT2D eigenvalue weighted by molar-refractivity contribution is 7.52. The van der Waals surface area contributed by atoms with Crippen molar-refractivity contribution in [1.82, 2.24) is 9.55 Å². The number of hydrogen-bond acceptors (Lipinski definition) is 6. The van der Waals surface area contributed by atoms with Crippen molar-refractivity contribution in [3.63, 3.8) is 0 Å². The van der Waals surface area contributed by atoms with Crippen LogP contribution >= 0.6 is 7.60 Å². The molecule has 0 aliphatic rings. The van der Waals surface area contributed by atoms with Gasteiger partial charge in [0.2, 0.25) is 0 Å². The van der Waals surface area contributed by atoms with E-state index in [9.17, 15) is 14.5 Å².